The van der Waals surface area contributed by atoms with Crippen LogP contribution in [0.15, 0.2) is 30.5 Å². The summed E-state index contributed by atoms with van der Waals surface area (Å²) in [5.41, 5.74) is 0.878. The number of likely N-dealkylation sites (tertiary alicyclic amines) is 1. The van der Waals surface area contributed by atoms with E-state index in [1.54, 1.807) is 18.3 Å². The third-order valence-electron chi connectivity index (χ3n) is 3.52. The molecule has 0 aliphatic carbocycles. The summed E-state index contributed by atoms with van der Waals surface area (Å²) in [4.78, 5) is 19.2. The Hall–Kier alpha value is -1.83. The summed E-state index contributed by atoms with van der Waals surface area (Å²) in [6, 6.07) is 7.34. The van der Waals surface area contributed by atoms with Gasteiger partial charge in [0.25, 0.3) is 5.91 Å². The normalized spacial score (nSPS) is 14.3. The van der Waals surface area contributed by atoms with Gasteiger partial charge in [0.2, 0.25) is 0 Å². The Morgan fingerprint density at radius 2 is 1.86 bits per heavy atom. The Kier molecular flexibility index (Phi) is 4.77. The monoisotopic (exact) mass is 330 g/mol. The van der Waals surface area contributed by atoms with Crippen molar-refractivity contribution in [1.29, 1.82) is 0 Å². The number of hydrogen-bond donors (Lipinski definition) is 0. The zero-order chi connectivity index (χ0) is 15.4. The maximum Gasteiger partial charge on any atom is 0.265 e. The predicted octanol–water partition coefficient (Wildman–Crippen LogP) is 3.82. The molecule has 1 amide bonds. The van der Waals surface area contributed by atoms with Crippen molar-refractivity contribution in [2.75, 3.05) is 13.1 Å². The Labute approximate surface area is 138 Å². The van der Waals surface area contributed by atoms with Crippen molar-refractivity contribution < 1.29 is 4.79 Å². The lowest BCUT2D eigenvalue weighted by Gasteiger charge is -2.25. The first kappa shape index (κ1) is 15.1. The van der Waals surface area contributed by atoms with Crippen LogP contribution in [0.1, 0.15) is 39.5 Å². The molecule has 1 fully saturated rings. The highest BCUT2D eigenvalue weighted by molar-refractivity contribution is 7.14. The van der Waals surface area contributed by atoms with Crippen LogP contribution in [0.3, 0.4) is 0 Å². The van der Waals surface area contributed by atoms with Crippen molar-refractivity contribution in [3.63, 3.8) is 0 Å². The lowest BCUT2D eigenvalue weighted by molar-refractivity contribution is 0.0729. The van der Waals surface area contributed by atoms with Gasteiger partial charge in [-0.25, -0.2) is 4.98 Å². The molecule has 1 aliphatic rings. The molecule has 1 aliphatic heterocycles. The SMILES string of the molecule is O=C(c1cnc(C#Cc2ccc(Cl)cc2)s1)N1CCCCC1. The fourth-order valence-electron chi connectivity index (χ4n) is 2.34. The number of carbonyl (C=O) groups is 1. The van der Waals surface area contributed by atoms with Gasteiger partial charge in [-0.1, -0.05) is 17.5 Å². The second-order valence-corrected chi connectivity index (χ2v) is 6.61. The zero-order valence-electron chi connectivity index (χ0n) is 12.0. The van der Waals surface area contributed by atoms with Gasteiger partial charge in [-0.3, -0.25) is 4.79 Å². The van der Waals surface area contributed by atoms with Gasteiger partial charge < -0.3 is 4.90 Å². The molecule has 0 bridgehead atoms. The maximum absolute atomic E-state index is 12.4. The Balaban J connectivity index is 1.71. The van der Waals surface area contributed by atoms with Crippen LogP contribution in [-0.4, -0.2) is 28.9 Å². The Bertz CT molecular complexity index is 721. The molecule has 0 atom stereocenters. The molecular formula is C17H15ClN2OS. The van der Waals surface area contributed by atoms with Crippen molar-refractivity contribution in [2.45, 2.75) is 19.3 Å². The average molecular weight is 331 g/mol. The van der Waals surface area contributed by atoms with Gasteiger partial charge in [-0.15, -0.1) is 11.3 Å². The highest BCUT2D eigenvalue weighted by Crippen LogP contribution is 2.18. The highest BCUT2D eigenvalue weighted by Gasteiger charge is 2.19. The van der Waals surface area contributed by atoms with Gasteiger partial charge in [0.15, 0.2) is 5.01 Å². The molecule has 0 radical (unpaired) electrons. The smallest absolute Gasteiger partial charge is 0.265 e. The van der Waals surface area contributed by atoms with Crippen molar-refractivity contribution in [2.24, 2.45) is 0 Å². The fourth-order valence-corrected chi connectivity index (χ4v) is 3.21. The molecule has 5 heteroatoms. The van der Waals surface area contributed by atoms with E-state index in [1.807, 2.05) is 17.0 Å². The van der Waals surface area contributed by atoms with Crippen LogP contribution in [0.25, 0.3) is 0 Å². The number of hydrogen-bond acceptors (Lipinski definition) is 3. The third kappa shape index (κ3) is 3.68. The number of thiazole rings is 1. The summed E-state index contributed by atoms with van der Waals surface area (Å²) >= 11 is 7.20. The van der Waals surface area contributed by atoms with Gasteiger partial charge in [-0.05, 0) is 49.4 Å². The van der Waals surface area contributed by atoms with E-state index in [-0.39, 0.29) is 5.91 Å². The number of benzene rings is 1. The van der Waals surface area contributed by atoms with Crippen molar-refractivity contribution >= 4 is 28.8 Å². The minimum absolute atomic E-state index is 0.0803. The Morgan fingerprint density at radius 3 is 2.59 bits per heavy atom. The van der Waals surface area contributed by atoms with E-state index in [9.17, 15) is 4.79 Å². The topological polar surface area (TPSA) is 33.2 Å². The van der Waals surface area contributed by atoms with E-state index in [0.717, 1.165) is 31.5 Å². The molecule has 0 spiro atoms. The average Bonchev–Trinajstić information content (AvgIpc) is 3.03. The number of piperidine rings is 1. The van der Waals surface area contributed by atoms with Crippen LogP contribution >= 0.6 is 22.9 Å². The molecule has 22 heavy (non-hydrogen) atoms. The highest BCUT2D eigenvalue weighted by atomic mass is 35.5. The first-order valence-corrected chi connectivity index (χ1v) is 8.44. The summed E-state index contributed by atoms with van der Waals surface area (Å²) in [5, 5.41) is 1.35. The first-order chi connectivity index (χ1) is 10.7. The van der Waals surface area contributed by atoms with E-state index >= 15 is 0 Å². The van der Waals surface area contributed by atoms with Crippen molar-refractivity contribution in [3.05, 3.63) is 50.9 Å². The van der Waals surface area contributed by atoms with Gasteiger partial charge in [-0.2, -0.15) is 0 Å². The van der Waals surface area contributed by atoms with Crippen molar-refractivity contribution in [3.8, 4) is 11.8 Å². The second kappa shape index (κ2) is 6.95. The molecule has 3 nitrogen and oxygen atoms in total. The third-order valence-corrected chi connectivity index (χ3v) is 4.67. The second-order valence-electron chi connectivity index (χ2n) is 5.14. The summed E-state index contributed by atoms with van der Waals surface area (Å²) in [7, 11) is 0. The van der Waals surface area contributed by atoms with Crippen LogP contribution in [0, 0.1) is 11.8 Å². The van der Waals surface area contributed by atoms with Crippen LogP contribution < -0.4 is 0 Å². The van der Waals surface area contributed by atoms with E-state index in [0.29, 0.717) is 14.9 Å². The van der Waals surface area contributed by atoms with Crippen LogP contribution in [0.4, 0.5) is 0 Å². The lowest BCUT2D eigenvalue weighted by Crippen LogP contribution is -2.35. The quantitative estimate of drug-likeness (QED) is 0.745. The molecule has 2 heterocycles. The van der Waals surface area contributed by atoms with Crippen LogP contribution in [0.5, 0.6) is 0 Å². The van der Waals surface area contributed by atoms with Gasteiger partial charge >= 0.3 is 0 Å². The van der Waals surface area contributed by atoms with Gasteiger partial charge in [0.1, 0.15) is 4.88 Å². The zero-order valence-corrected chi connectivity index (χ0v) is 13.6. The summed E-state index contributed by atoms with van der Waals surface area (Å²) in [5.74, 6) is 6.12. The van der Waals surface area contributed by atoms with E-state index in [4.69, 9.17) is 11.6 Å². The molecular weight excluding hydrogens is 316 g/mol. The summed E-state index contributed by atoms with van der Waals surface area (Å²) < 4.78 is 0. The standard InChI is InChI=1S/C17H15ClN2OS/c18-14-7-4-13(5-8-14)6-9-16-19-12-15(22-16)17(21)20-10-2-1-3-11-20/h4-5,7-8,12H,1-3,10-11H2. The maximum atomic E-state index is 12.4. The molecule has 1 aromatic heterocycles. The minimum atomic E-state index is 0.0803. The summed E-state index contributed by atoms with van der Waals surface area (Å²) in [6.07, 6.45) is 5.03. The van der Waals surface area contributed by atoms with E-state index < -0.39 is 0 Å². The van der Waals surface area contributed by atoms with Crippen molar-refractivity contribution in [1.82, 2.24) is 9.88 Å². The van der Waals surface area contributed by atoms with Crippen LogP contribution in [-0.2, 0) is 0 Å². The fraction of sp³-hybridized carbons (Fsp3) is 0.294. The van der Waals surface area contributed by atoms with Gasteiger partial charge in [0.05, 0.1) is 6.20 Å². The first-order valence-electron chi connectivity index (χ1n) is 7.25. The molecule has 0 unspecified atom stereocenters. The number of aromatic nitrogens is 1. The minimum Gasteiger partial charge on any atom is -0.338 e. The molecule has 3 rings (SSSR count). The molecule has 2 aromatic rings. The number of rotatable bonds is 1. The number of nitrogens with zero attached hydrogens (tertiary/aromatic N) is 2. The molecule has 1 aromatic carbocycles. The van der Waals surface area contributed by atoms with E-state index in [1.165, 1.54) is 17.8 Å². The predicted molar refractivity (Wildman–Crippen MR) is 89.3 cm³/mol. The molecule has 0 saturated carbocycles. The number of halogens is 1. The molecule has 0 N–H and O–H groups in total. The van der Waals surface area contributed by atoms with Crippen LogP contribution in [0.2, 0.25) is 5.02 Å². The molecule has 112 valence electrons. The number of carbonyl (C=O) groups excluding carboxylic acids is 1. The number of amides is 1. The molecule has 1 saturated heterocycles. The summed E-state index contributed by atoms with van der Waals surface area (Å²) in [6.45, 7) is 1.70. The lowest BCUT2D eigenvalue weighted by atomic mass is 10.1. The largest absolute Gasteiger partial charge is 0.338 e. The Morgan fingerprint density at radius 1 is 1.14 bits per heavy atom. The van der Waals surface area contributed by atoms with Gasteiger partial charge in [0, 0.05) is 23.7 Å². The van der Waals surface area contributed by atoms with E-state index in [2.05, 4.69) is 16.8 Å².